The van der Waals surface area contributed by atoms with E-state index in [0.29, 0.717) is 33.6 Å². The van der Waals surface area contributed by atoms with Gasteiger partial charge in [0.2, 0.25) is 15.9 Å². The first-order chi connectivity index (χ1) is 13.1. The molecule has 0 fully saturated rings. The first-order valence-corrected chi connectivity index (χ1v) is 12.1. The summed E-state index contributed by atoms with van der Waals surface area (Å²) in [5.74, 6) is 0.274. The van der Waals surface area contributed by atoms with Crippen LogP contribution in [0.25, 0.3) is 0 Å². The van der Waals surface area contributed by atoms with Crippen LogP contribution in [0.2, 0.25) is 10.0 Å². The van der Waals surface area contributed by atoms with Gasteiger partial charge in [0.25, 0.3) is 0 Å². The molecule has 2 aromatic rings. The van der Waals surface area contributed by atoms with Gasteiger partial charge in [0.05, 0.1) is 11.9 Å². The number of anilines is 1. The third kappa shape index (κ3) is 6.30. The summed E-state index contributed by atoms with van der Waals surface area (Å²) >= 11 is 13.5. The van der Waals surface area contributed by atoms with E-state index in [2.05, 4.69) is 5.32 Å². The van der Waals surface area contributed by atoms with Gasteiger partial charge in [-0.25, -0.2) is 8.42 Å². The molecule has 0 heterocycles. The molecule has 5 nitrogen and oxygen atoms in total. The van der Waals surface area contributed by atoms with Crippen LogP contribution in [0, 0.1) is 6.92 Å². The van der Waals surface area contributed by atoms with Crippen LogP contribution in [-0.2, 0) is 14.8 Å². The van der Waals surface area contributed by atoms with E-state index < -0.39 is 16.1 Å². The largest absolute Gasteiger partial charge is 0.353 e. The minimum absolute atomic E-state index is 0.374. The predicted molar refractivity (Wildman–Crippen MR) is 118 cm³/mol. The number of nitrogens with zero attached hydrogens (tertiary/aromatic N) is 1. The summed E-state index contributed by atoms with van der Waals surface area (Å²) in [5, 5.41) is 3.87. The molecule has 0 aromatic heterocycles. The van der Waals surface area contributed by atoms with Crippen LogP contribution in [0.5, 0.6) is 0 Å². The average Bonchev–Trinajstić information content (AvgIpc) is 2.62. The normalized spacial score (nSPS) is 12.5. The number of carbonyl (C=O) groups excluding carboxylic acids is 1. The van der Waals surface area contributed by atoms with Crippen LogP contribution in [0.15, 0.2) is 47.4 Å². The number of carbonyl (C=O) groups is 1. The number of amides is 1. The first-order valence-electron chi connectivity index (χ1n) is 8.51. The molecule has 0 aliphatic heterocycles. The Hall–Kier alpha value is -1.41. The van der Waals surface area contributed by atoms with Crippen LogP contribution >= 0.6 is 35.0 Å². The maximum absolute atomic E-state index is 12.6. The molecule has 0 aliphatic carbocycles. The van der Waals surface area contributed by atoms with Crippen LogP contribution in [0.1, 0.15) is 12.5 Å². The minimum atomic E-state index is -3.68. The summed E-state index contributed by atoms with van der Waals surface area (Å²) in [6.45, 7) is 3.74. The number of hydrogen-bond acceptors (Lipinski definition) is 4. The Balaban J connectivity index is 2.03. The third-order valence-corrected chi connectivity index (χ3v) is 6.71. The Morgan fingerprint density at radius 2 is 1.75 bits per heavy atom. The van der Waals surface area contributed by atoms with Crippen molar-refractivity contribution in [2.75, 3.05) is 22.9 Å². The fraction of sp³-hybridized carbons (Fsp3) is 0.316. The molecule has 0 spiro atoms. The summed E-state index contributed by atoms with van der Waals surface area (Å²) in [7, 11) is -3.68. The van der Waals surface area contributed by atoms with E-state index in [-0.39, 0.29) is 5.91 Å². The summed E-state index contributed by atoms with van der Waals surface area (Å²) < 4.78 is 25.9. The van der Waals surface area contributed by atoms with Crippen LogP contribution < -0.4 is 9.62 Å². The van der Waals surface area contributed by atoms with Gasteiger partial charge in [-0.1, -0.05) is 29.3 Å². The lowest BCUT2D eigenvalue weighted by Gasteiger charge is -2.29. The van der Waals surface area contributed by atoms with Crippen LogP contribution in [-0.4, -0.2) is 38.9 Å². The standard InChI is InChI=1S/C19H22Cl2N2O3S2/c1-13-4-5-16(21)12-18(13)23(28(3,25)26)14(2)19(24)22-10-11-27-17-8-6-15(20)7-9-17/h4-9,12,14H,10-11H2,1-3H3,(H,22,24)/t14-/m0/s1. The second-order valence-corrected chi connectivity index (χ2v) is 10.2. The number of rotatable bonds is 8. The second-order valence-electron chi connectivity index (χ2n) is 6.26. The van der Waals surface area contributed by atoms with Gasteiger partial charge in [0.1, 0.15) is 6.04 Å². The molecule has 0 saturated heterocycles. The molecule has 0 saturated carbocycles. The maximum Gasteiger partial charge on any atom is 0.243 e. The number of sulfonamides is 1. The number of aryl methyl sites for hydroxylation is 1. The van der Waals surface area contributed by atoms with E-state index in [0.717, 1.165) is 15.5 Å². The van der Waals surface area contributed by atoms with Gasteiger partial charge in [0.15, 0.2) is 0 Å². The molecular weight excluding hydrogens is 439 g/mol. The van der Waals surface area contributed by atoms with Gasteiger partial charge in [-0.3, -0.25) is 9.10 Å². The quantitative estimate of drug-likeness (QED) is 0.469. The molecular formula is C19H22Cl2N2O3S2. The molecule has 1 N–H and O–H groups in total. The number of thioether (sulfide) groups is 1. The highest BCUT2D eigenvalue weighted by molar-refractivity contribution is 7.99. The smallest absolute Gasteiger partial charge is 0.243 e. The van der Waals surface area contributed by atoms with Crippen molar-refractivity contribution < 1.29 is 13.2 Å². The minimum Gasteiger partial charge on any atom is -0.353 e. The molecule has 9 heteroatoms. The summed E-state index contributed by atoms with van der Waals surface area (Å²) in [4.78, 5) is 13.6. The molecule has 0 unspecified atom stereocenters. The number of nitrogens with one attached hydrogen (secondary N) is 1. The van der Waals surface area contributed by atoms with Crippen molar-refractivity contribution in [3.8, 4) is 0 Å². The zero-order chi connectivity index (χ0) is 20.9. The predicted octanol–water partition coefficient (Wildman–Crippen LogP) is 4.36. The van der Waals surface area contributed by atoms with Gasteiger partial charge in [-0.05, 0) is 55.8 Å². The first kappa shape index (κ1) is 22.9. The highest BCUT2D eigenvalue weighted by atomic mass is 35.5. The van der Waals surface area contributed by atoms with E-state index in [9.17, 15) is 13.2 Å². The molecule has 0 bridgehead atoms. The van der Waals surface area contributed by atoms with Crippen molar-refractivity contribution in [1.82, 2.24) is 5.32 Å². The third-order valence-electron chi connectivity index (χ3n) is 3.98. The Morgan fingerprint density at radius 1 is 1.14 bits per heavy atom. The topological polar surface area (TPSA) is 66.5 Å². The Morgan fingerprint density at radius 3 is 2.36 bits per heavy atom. The van der Waals surface area contributed by atoms with E-state index in [1.165, 1.54) is 0 Å². The summed E-state index contributed by atoms with van der Waals surface area (Å²) in [6.07, 6.45) is 1.08. The molecule has 0 radical (unpaired) electrons. The van der Waals surface area contributed by atoms with Gasteiger partial charge in [-0.2, -0.15) is 0 Å². The molecule has 0 aliphatic rings. The SMILES string of the molecule is Cc1ccc(Cl)cc1N([C@@H](C)C(=O)NCCSc1ccc(Cl)cc1)S(C)(=O)=O. The van der Waals surface area contributed by atoms with Crippen molar-refractivity contribution >= 4 is 56.6 Å². The van der Waals surface area contributed by atoms with Crippen LogP contribution in [0.4, 0.5) is 5.69 Å². The van der Waals surface area contributed by atoms with Gasteiger partial charge in [0, 0.05) is 27.2 Å². The van der Waals surface area contributed by atoms with Crippen molar-refractivity contribution in [3.05, 3.63) is 58.1 Å². The van der Waals surface area contributed by atoms with Gasteiger partial charge < -0.3 is 5.32 Å². The lowest BCUT2D eigenvalue weighted by atomic mass is 10.2. The lowest BCUT2D eigenvalue weighted by Crippen LogP contribution is -2.48. The van der Waals surface area contributed by atoms with E-state index in [1.807, 2.05) is 24.3 Å². The van der Waals surface area contributed by atoms with Crippen LogP contribution in [0.3, 0.4) is 0 Å². The molecule has 1 amide bonds. The number of hydrogen-bond donors (Lipinski definition) is 1. The zero-order valence-corrected chi connectivity index (χ0v) is 18.9. The fourth-order valence-electron chi connectivity index (χ4n) is 2.62. The fourth-order valence-corrected chi connectivity index (χ4v) is 4.91. The monoisotopic (exact) mass is 460 g/mol. The number of halogens is 2. The molecule has 2 aromatic carbocycles. The molecule has 152 valence electrons. The summed E-state index contributed by atoms with van der Waals surface area (Å²) in [6, 6.07) is 11.5. The Bertz CT molecular complexity index is 935. The van der Waals surface area contributed by atoms with Crippen molar-refractivity contribution in [2.45, 2.75) is 24.8 Å². The zero-order valence-electron chi connectivity index (χ0n) is 15.8. The van der Waals surface area contributed by atoms with E-state index in [4.69, 9.17) is 23.2 Å². The maximum atomic E-state index is 12.6. The highest BCUT2D eigenvalue weighted by Gasteiger charge is 2.30. The van der Waals surface area contributed by atoms with Gasteiger partial charge in [-0.15, -0.1) is 11.8 Å². The van der Waals surface area contributed by atoms with Crippen molar-refractivity contribution in [2.24, 2.45) is 0 Å². The van der Waals surface area contributed by atoms with Crippen molar-refractivity contribution in [1.29, 1.82) is 0 Å². The molecule has 2 rings (SSSR count). The molecule has 1 atom stereocenters. The average molecular weight is 461 g/mol. The van der Waals surface area contributed by atoms with E-state index >= 15 is 0 Å². The Labute approximate surface area is 180 Å². The molecule has 28 heavy (non-hydrogen) atoms. The summed E-state index contributed by atoms with van der Waals surface area (Å²) in [5.41, 5.74) is 1.11. The van der Waals surface area contributed by atoms with E-state index in [1.54, 1.807) is 43.8 Å². The number of benzene rings is 2. The Kier molecular flexibility index (Phi) is 8.07. The van der Waals surface area contributed by atoms with Gasteiger partial charge >= 0.3 is 0 Å². The second kappa shape index (κ2) is 9.87. The highest BCUT2D eigenvalue weighted by Crippen LogP contribution is 2.28. The van der Waals surface area contributed by atoms with Crippen molar-refractivity contribution in [3.63, 3.8) is 0 Å². The lowest BCUT2D eigenvalue weighted by molar-refractivity contribution is -0.121.